The first kappa shape index (κ1) is 15.8. The summed E-state index contributed by atoms with van der Waals surface area (Å²) in [7, 11) is 0. The molecule has 130 valence electrons. The molecule has 0 radical (unpaired) electrons. The number of carbonyl (C=O) groups excluding carboxylic acids is 2. The van der Waals surface area contributed by atoms with Crippen molar-refractivity contribution in [2.24, 2.45) is 0 Å². The fourth-order valence-corrected chi connectivity index (χ4v) is 3.70. The summed E-state index contributed by atoms with van der Waals surface area (Å²) in [5.41, 5.74) is 1.18. The Bertz CT molecular complexity index is 823. The summed E-state index contributed by atoms with van der Waals surface area (Å²) in [5, 5.41) is 6.87. The molecule has 1 aliphatic carbocycles. The van der Waals surface area contributed by atoms with Crippen LogP contribution < -0.4 is 5.32 Å². The van der Waals surface area contributed by atoms with Crippen LogP contribution in [0.4, 0.5) is 4.79 Å². The van der Waals surface area contributed by atoms with Crippen LogP contribution >= 0.6 is 0 Å². The third kappa shape index (κ3) is 2.69. The van der Waals surface area contributed by atoms with E-state index in [2.05, 4.69) is 15.5 Å². The van der Waals surface area contributed by atoms with Gasteiger partial charge in [0.1, 0.15) is 12.1 Å². The van der Waals surface area contributed by atoms with E-state index in [1.807, 2.05) is 31.2 Å². The average Bonchev–Trinajstić information content (AvgIpc) is 3.16. The summed E-state index contributed by atoms with van der Waals surface area (Å²) in [5.74, 6) is 0.551. The molecule has 2 aromatic rings. The van der Waals surface area contributed by atoms with Crippen LogP contribution in [0.3, 0.4) is 0 Å². The second kappa shape index (κ2) is 5.98. The monoisotopic (exact) mass is 340 g/mol. The lowest BCUT2D eigenvalue weighted by atomic mass is 9.82. The maximum atomic E-state index is 12.8. The number of urea groups is 1. The van der Waals surface area contributed by atoms with Crippen molar-refractivity contribution in [1.82, 2.24) is 20.4 Å². The number of hydrogen-bond donors (Lipinski definition) is 1. The highest BCUT2D eigenvalue weighted by molar-refractivity contribution is 6.06. The molecule has 7 heteroatoms. The molecule has 1 aliphatic heterocycles. The first-order valence-corrected chi connectivity index (χ1v) is 8.62. The molecule has 1 aromatic carbocycles. The van der Waals surface area contributed by atoms with Gasteiger partial charge in [-0.3, -0.25) is 9.69 Å². The van der Waals surface area contributed by atoms with E-state index < -0.39 is 5.54 Å². The molecule has 0 unspecified atom stereocenters. The van der Waals surface area contributed by atoms with Crippen LogP contribution in [0.2, 0.25) is 0 Å². The molecule has 1 N–H and O–H groups in total. The van der Waals surface area contributed by atoms with Crippen molar-refractivity contribution in [3.05, 3.63) is 35.7 Å². The van der Waals surface area contributed by atoms with Crippen LogP contribution in [-0.2, 0) is 11.3 Å². The molecule has 3 amide bonds. The first-order valence-electron chi connectivity index (χ1n) is 8.62. The number of aryl methyl sites for hydroxylation is 1. The number of aromatic nitrogens is 2. The molecule has 1 saturated carbocycles. The molecule has 0 atom stereocenters. The molecule has 25 heavy (non-hydrogen) atoms. The minimum atomic E-state index is -0.728. The fourth-order valence-electron chi connectivity index (χ4n) is 3.70. The highest BCUT2D eigenvalue weighted by Crippen LogP contribution is 2.34. The lowest BCUT2D eigenvalue weighted by Crippen LogP contribution is -2.48. The van der Waals surface area contributed by atoms with Crippen molar-refractivity contribution in [2.45, 2.75) is 51.1 Å². The summed E-state index contributed by atoms with van der Waals surface area (Å²) in [6, 6.07) is 7.35. The fraction of sp³-hybridized carbons (Fsp3) is 0.444. The van der Waals surface area contributed by atoms with Gasteiger partial charge in [0.15, 0.2) is 0 Å². The van der Waals surface area contributed by atoms with E-state index in [1.54, 1.807) is 0 Å². The molecule has 1 saturated heterocycles. The van der Waals surface area contributed by atoms with Crippen molar-refractivity contribution in [1.29, 1.82) is 0 Å². The lowest BCUT2D eigenvalue weighted by molar-refractivity contribution is -0.133. The summed E-state index contributed by atoms with van der Waals surface area (Å²) < 4.78 is 5.27. The van der Waals surface area contributed by atoms with Crippen LogP contribution in [0.5, 0.6) is 0 Å². The van der Waals surface area contributed by atoms with Gasteiger partial charge >= 0.3 is 6.03 Å². The Labute approximate surface area is 145 Å². The van der Waals surface area contributed by atoms with E-state index in [0.717, 1.165) is 30.4 Å². The summed E-state index contributed by atoms with van der Waals surface area (Å²) >= 11 is 0. The number of benzene rings is 1. The minimum Gasteiger partial charge on any atom is -0.337 e. The Kier molecular flexibility index (Phi) is 3.78. The minimum absolute atomic E-state index is 0.00526. The third-order valence-electron chi connectivity index (χ3n) is 5.10. The number of imide groups is 1. The summed E-state index contributed by atoms with van der Waals surface area (Å²) in [4.78, 5) is 30.6. The van der Waals surface area contributed by atoms with E-state index in [0.29, 0.717) is 18.7 Å². The van der Waals surface area contributed by atoms with Crippen molar-refractivity contribution in [2.75, 3.05) is 0 Å². The Morgan fingerprint density at radius 2 is 1.96 bits per heavy atom. The maximum Gasteiger partial charge on any atom is 0.325 e. The van der Waals surface area contributed by atoms with Crippen molar-refractivity contribution in [3.63, 3.8) is 0 Å². The first-order chi connectivity index (χ1) is 12.1. The lowest BCUT2D eigenvalue weighted by Gasteiger charge is -2.30. The van der Waals surface area contributed by atoms with Crippen LogP contribution in [0.15, 0.2) is 28.8 Å². The van der Waals surface area contributed by atoms with Crippen LogP contribution in [-0.4, -0.2) is 32.5 Å². The van der Waals surface area contributed by atoms with Gasteiger partial charge < -0.3 is 9.84 Å². The quantitative estimate of drug-likeness (QED) is 0.868. The number of rotatable bonds is 3. The van der Waals surface area contributed by atoms with Crippen LogP contribution in [0.1, 0.15) is 43.6 Å². The van der Waals surface area contributed by atoms with E-state index >= 15 is 0 Å². The molecular formula is C18H20N4O3. The van der Waals surface area contributed by atoms with E-state index in [-0.39, 0.29) is 24.4 Å². The molecule has 0 bridgehead atoms. The maximum absolute atomic E-state index is 12.8. The molecule has 2 fully saturated rings. The van der Waals surface area contributed by atoms with Gasteiger partial charge in [0.05, 0.1) is 0 Å². The van der Waals surface area contributed by atoms with E-state index in [1.165, 1.54) is 4.90 Å². The number of nitrogens with zero attached hydrogens (tertiary/aromatic N) is 3. The SMILES string of the molecule is Cc1ccccc1-c1noc(CN2C(=O)NC3(CCCCC3)C2=O)n1. The molecule has 4 rings (SSSR count). The molecule has 2 aliphatic rings. The number of hydrogen-bond acceptors (Lipinski definition) is 5. The van der Waals surface area contributed by atoms with Crippen molar-refractivity contribution < 1.29 is 14.1 Å². The van der Waals surface area contributed by atoms with Gasteiger partial charge in [-0.2, -0.15) is 4.98 Å². The van der Waals surface area contributed by atoms with Crippen molar-refractivity contribution in [3.8, 4) is 11.4 Å². The van der Waals surface area contributed by atoms with Gasteiger partial charge in [0, 0.05) is 5.56 Å². The highest BCUT2D eigenvalue weighted by Gasteiger charge is 2.51. The van der Waals surface area contributed by atoms with E-state index in [4.69, 9.17) is 4.52 Å². The molecule has 2 heterocycles. The van der Waals surface area contributed by atoms with Crippen molar-refractivity contribution >= 4 is 11.9 Å². The second-order valence-corrected chi connectivity index (χ2v) is 6.79. The smallest absolute Gasteiger partial charge is 0.325 e. The Hall–Kier alpha value is -2.70. The number of nitrogens with one attached hydrogen (secondary N) is 1. The van der Waals surface area contributed by atoms with Gasteiger partial charge in [-0.05, 0) is 25.3 Å². The summed E-state index contributed by atoms with van der Waals surface area (Å²) in [6.45, 7) is 1.97. The predicted octanol–water partition coefficient (Wildman–Crippen LogP) is 2.80. The Morgan fingerprint density at radius 3 is 2.72 bits per heavy atom. The van der Waals surface area contributed by atoms with E-state index in [9.17, 15) is 9.59 Å². The third-order valence-corrected chi connectivity index (χ3v) is 5.10. The Balaban J connectivity index is 1.54. The molecule has 1 spiro atoms. The standard InChI is InChI=1S/C18H20N4O3/c1-12-7-3-4-8-13(12)15-19-14(25-21-15)11-22-16(23)18(20-17(22)24)9-5-2-6-10-18/h3-4,7-8H,2,5-6,9-11H2,1H3,(H,20,24). The number of carbonyl (C=O) groups is 2. The highest BCUT2D eigenvalue weighted by atomic mass is 16.5. The number of amides is 3. The van der Waals surface area contributed by atoms with Gasteiger partial charge in [-0.15, -0.1) is 0 Å². The average molecular weight is 340 g/mol. The van der Waals surface area contributed by atoms with Gasteiger partial charge in [-0.25, -0.2) is 4.79 Å². The van der Waals surface area contributed by atoms with Crippen LogP contribution in [0.25, 0.3) is 11.4 Å². The zero-order valence-electron chi connectivity index (χ0n) is 14.1. The van der Waals surface area contributed by atoms with Gasteiger partial charge in [-0.1, -0.05) is 48.7 Å². The topological polar surface area (TPSA) is 88.3 Å². The van der Waals surface area contributed by atoms with Gasteiger partial charge in [0.25, 0.3) is 5.91 Å². The van der Waals surface area contributed by atoms with Crippen LogP contribution in [0, 0.1) is 6.92 Å². The zero-order chi connectivity index (χ0) is 17.4. The molecule has 1 aromatic heterocycles. The molecular weight excluding hydrogens is 320 g/mol. The zero-order valence-corrected chi connectivity index (χ0v) is 14.1. The van der Waals surface area contributed by atoms with Gasteiger partial charge in [0.2, 0.25) is 11.7 Å². The largest absolute Gasteiger partial charge is 0.337 e. The molecule has 7 nitrogen and oxygen atoms in total. The normalized spacial score (nSPS) is 19.5. The summed E-state index contributed by atoms with van der Waals surface area (Å²) in [6.07, 6.45) is 4.42. The predicted molar refractivity (Wildman–Crippen MR) is 89.4 cm³/mol. The second-order valence-electron chi connectivity index (χ2n) is 6.79. The Morgan fingerprint density at radius 1 is 1.20 bits per heavy atom.